The molecule has 2 heterocycles. The first-order valence-electron chi connectivity index (χ1n) is 9.38. The molecular weight excluding hydrogens is 353 g/mol. The van der Waals surface area contributed by atoms with Gasteiger partial charge >= 0.3 is 0 Å². The van der Waals surface area contributed by atoms with Crippen LogP contribution in [0.3, 0.4) is 0 Å². The highest BCUT2D eigenvalue weighted by atomic mass is 35.5. The number of benzene rings is 1. The molecule has 0 unspecified atom stereocenters. The van der Waals surface area contributed by atoms with Crippen molar-refractivity contribution in [3.8, 4) is 0 Å². The maximum atomic E-state index is 13.2. The molecule has 26 heavy (non-hydrogen) atoms. The molecule has 1 aromatic carbocycles. The lowest BCUT2D eigenvalue weighted by molar-refractivity contribution is 0.239. The van der Waals surface area contributed by atoms with Gasteiger partial charge in [0.25, 0.3) is 5.56 Å². The molecule has 138 valence electrons. The Balaban J connectivity index is 1.55. The second kappa shape index (κ2) is 7.49. The third-order valence-corrected chi connectivity index (χ3v) is 5.92. The second-order valence-electron chi connectivity index (χ2n) is 7.41. The van der Waals surface area contributed by atoms with Gasteiger partial charge in [0, 0.05) is 36.1 Å². The molecule has 0 saturated heterocycles. The lowest BCUT2D eigenvalue weighted by Crippen LogP contribution is -2.35. The standard InChI is InChI=1S/C20H23ClFN3O/c21-17-10-15(22)7-6-14(17)11-25-9-8-16-18(12-25)23-19(24-20(16)26)13-4-2-1-3-5-13/h6-7,10,13H,1-5,8-9,11-12H2,(H,23,24,26). The van der Waals surface area contributed by atoms with E-state index in [4.69, 9.17) is 16.6 Å². The maximum Gasteiger partial charge on any atom is 0.254 e. The molecule has 0 spiro atoms. The van der Waals surface area contributed by atoms with Gasteiger partial charge in [0.2, 0.25) is 0 Å². The zero-order chi connectivity index (χ0) is 18.1. The Kier molecular flexibility index (Phi) is 5.09. The van der Waals surface area contributed by atoms with Crippen LogP contribution in [-0.4, -0.2) is 21.4 Å². The Morgan fingerprint density at radius 3 is 2.85 bits per heavy atom. The summed E-state index contributed by atoms with van der Waals surface area (Å²) in [5, 5.41) is 0.442. The average molecular weight is 376 g/mol. The van der Waals surface area contributed by atoms with Gasteiger partial charge in [-0.2, -0.15) is 0 Å². The van der Waals surface area contributed by atoms with E-state index in [1.165, 1.54) is 31.4 Å². The number of fused-ring (bicyclic) bond motifs is 1. The third kappa shape index (κ3) is 3.69. The van der Waals surface area contributed by atoms with Crippen molar-refractivity contribution >= 4 is 11.6 Å². The number of halogens is 2. The highest BCUT2D eigenvalue weighted by Gasteiger charge is 2.24. The molecule has 0 amide bonds. The predicted octanol–water partition coefficient (Wildman–Crippen LogP) is 4.17. The average Bonchev–Trinajstić information content (AvgIpc) is 2.64. The quantitative estimate of drug-likeness (QED) is 0.875. The lowest BCUT2D eigenvalue weighted by Gasteiger charge is -2.29. The Bertz CT molecular complexity index is 861. The molecule has 0 radical (unpaired) electrons. The van der Waals surface area contributed by atoms with E-state index in [0.29, 0.717) is 30.5 Å². The number of rotatable bonds is 3. The molecule has 1 fully saturated rings. The van der Waals surface area contributed by atoms with Gasteiger partial charge in [-0.05, 0) is 37.0 Å². The van der Waals surface area contributed by atoms with Crippen molar-refractivity contribution in [2.24, 2.45) is 0 Å². The largest absolute Gasteiger partial charge is 0.310 e. The fraction of sp³-hybridized carbons (Fsp3) is 0.500. The van der Waals surface area contributed by atoms with Gasteiger partial charge < -0.3 is 4.98 Å². The predicted molar refractivity (Wildman–Crippen MR) is 99.9 cm³/mol. The van der Waals surface area contributed by atoms with Gasteiger partial charge in [0.05, 0.1) is 5.69 Å². The Morgan fingerprint density at radius 1 is 1.27 bits per heavy atom. The number of hydrogen-bond donors (Lipinski definition) is 1. The minimum atomic E-state index is -0.326. The van der Waals surface area contributed by atoms with E-state index >= 15 is 0 Å². The minimum absolute atomic E-state index is 0.0232. The van der Waals surface area contributed by atoms with Crippen LogP contribution in [0.4, 0.5) is 4.39 Å². The molecule has 2 aliphatic rings. The van der Waals surface area contributed by atoms with Crippen molar-refractivity contribution in [2.75, 3.05) is 6.54 Å². The zero-order valence-corrected chi connectivity index (χ0v) is 15.5. The molecule has 2 aromatic rings. The summed E-state index contributed by atoms with van der Waals surface area (Å²) < 4.78 is 13.2. The van der Waals surface area contributed by atoms with Crippen LogP contribution in [0.25, 0.3) is 0 Å². The van der Waals surface area contributed by atoms with Crippen molar-refractivity contribution in [3.63, 3.8) is 0 Å². The molecule has 1 aromatic heterocycles. The van der Waals surface area contributed by atoms with Gasteiger partial charge in [0.15, 0.2) is 0 Å². The molecule has 1 aliphatic carbocycles. The molecular formula is C20H23ClFN3O. The van der Waals surface area contributed by atoms with Crippen LogP contribution in [0.2, 0.25) is 5.02 Å². The van der Waals surface area contributed by atoms with Crippen molar-refractivity contribution < 1.29 is 4.39 Å². The first kappa shape index (κ1) is 17.7. The Labute approximate surface area is 157 Å². The fourth-order valence-electron chi connectivity index (χ4n) is 4.11. The van der Waals surface area contributed by atoms with Crippen LogP contribution in [0.5, 0.6) is 0 Å². The van der Waals surface area contributed by atoms with Gasteiger partial charge in [0.1, 0.15) is 11.6 Å². The first-order chi connectivity index (χ1) is 12.6. The summed E-state index contributed by atoms with van der Waals surface area (Å²) in [4.78, 5) is 22.6. The molecule has 4 nitrogen and oxygen atoms in total. The van der Waals surface area contributed by atoms with Gasteiger partial charge in [-0.15, -0.1) is 0 Å². The van der Waals surface area contributed by atoms with Crippen LogP contribution in [0.15, 0.2) is 23.0 Å². The molecule has 4 rings (SSSR count). The number of H-pyrrole nitrogens is 1. The minimum Gasteiger partial charge on any atom is -0.310 e. The molecule has 0 bridgehead atoms. The van der Waals surface area contributed by atoms with Crippen LogP contribution >= 0.6 is 11.6 Å². The topological polar surface area (TPSA) is 49.0 Å². The SMILES string of the molecule is O=c1[nH]c(C2CCCCC2)nc2c1CCN(Cc1ccc(F)cc1Cl)C2. The van der Waals surface area contributed by atoms with E-state index < -0.39 is 0 Å². The summed E-state index contributed by atoms with van der Waals surface area (Å²) in [7, 11) is 0. The zero-order valence-electron chi connectivity index (χ0n) is 14.7. The van der Waals surface area contributed by atoms with Crippen LogP contribution < -0.4 is 5.56 Å². The van der Waals surface area contributed by atoms with Gasteiger partial charge in [-0.25, -0.2) is 9.37 Å². The van der Waals surface area contributed by atoms with E-state index in [9.17, 15) is 9.18 Å². The van der Waals surface area contributed by atoms with Crippen molar-refractivity contribution in [1.82, 2.24) is 14.9 Å². The van der Waals surface area contributed by atoms with E-state index in [1.54, 1.807) is 6.07 Å². The molecule has 0 atom stereocenters. The highest BCUT2D eigenvalue weighted by molar-refractivity contribution is 6.31. The maximum absolute atomic E-state index is 13.2. The second-order valence-corrected chi connectivity index (χ2v) is 7.81. The molecule has 6 heteroatoms. The third-order valence-electron chi connectivity index (χ3n) is 5.57. The van der Waals surface area contributed by atoms with Gasteiger partial charge in [-0.1, -0.05) is 36.9 Å². The Morgan fingerprint density at radius 2 is 2.08 bits per heavy atom. The van der Waals surface area contributed by atoms with Crippen molar-refractivity contribution in [3.05, 3.63) is 62.0 Å². The number of aromatic nitrogens is 2. The Hall–Kier alpha value is -1.72. The fourth-order valence-corrected chi connectivity index (χ4v) is 4.34. The van der Waals surface area contributed by atoms with Crippen LogP contribution in [-0.2, 0) is 19.5 Å². The smallest absolute Gasteiger partial charge is 0.254 e. The monoisotopic (exact) mass is 375 g/mol. The van der Waals surface area contributed by atoms with E-state index in [2.05, 4.69) is 9.88 Å². The molecule has 1 aliphatic heterocycles. The van der Waals surface area contributed by atoms with E-state index in [-0.39, 0.29) is 11.4 Å². The lowest BCUT2D eigenvalue weighted by atomic mass is 9.88. The summed E-state index contributed by atoms with van der Waals surface area (Å²) in [5.41, 5.74) is 2.62. The normalized spacial score (nSPS) is 18.7. The van der Waals surface area contributed by atoms with Crippen LogP contribution in [0, 0.1) is 5.82 Å². The highest BCUT2D eigenvalue weighted by Crippen LogP contribution is 2.31. The van der Waals surface area contributed by atoms with Crippen molar-refractivity contribution in [1.29, 1.82) is 0 Å². The number of aromatic amines is 1. The molecule has 1 N–H and O–H groups in total. The number of nitrogens with zero attached hydrogens (tertiary/aromatic N) is 2. The summed E-state index contributed by atoms with van der Waals surface area (Å²) in [5.74, 6) is 0.909. The van der Waals surface area contributed by atoms with E-state index in [0.717, 1.165) is 42.0 Å². The molecule has 1 saturated carbocycles. The van der Waals surface area contributed by atoms with Crippen molar-refractivity contribution in [2.45, 2.75) is 57.5 Å². The summed E-state index contributed by atoms with van der Waals surface area (Å²) in [6.45, 7) is 2.03. The number of nitrogens with one attached hydrogen (secondary N) is 1. The van der Waals surface area contributed by atoms with E-state index in [1.807, 2.05) is 0 Å². The van der Waals surface area contributed by atoms with Gasteiger partial charge in [-0.3, -0.25) is 9.69 Å². The summed E-state index contributed by atoms with van der Waals surface area (Å²) >= 11 is 6.16. The first-order valence-corrected chi connectivity index (χ1v) is 9.76. The van der Waals surface area contributed by atoms with Crippen LogP contribution in [0.1, 0.15) is 60.7 Å². The summed E-state index contributed by atoms with van der Waals surface area (Å²) in [6.07, 6.45) is 6.59. The summed E-state index contributed by atoms with van der Waals surface area (Å²) in [6, 6.07) is 4.51. The number of hydrogen-bond acceptors (Lipinski definition) is 3.